The molecule has 3 amide bonds. The number of nitrogens with zero attached hydrogens (tertiary/aromatic N) is 3. The Balaban J connectivity index is 1.93. The number of nitrogens with one attached hydrogen (secondary N) is 1. The lowest BCUT2D eigenvalue weighted by Gasteiger charge is -2.16. The van der Waals surface area contributed by atoms with E-state index < -0.39 is 17.9 Å². The number of aryl methyl sites for hydroxylation is 1. The largest absolute Gasteiger partial charge is 0.478 e. The fourth-order valence-electron chi connectivity index (χ4n) is 3.54. The van der Waals surface area contributed by atoms with Crippen LogP contribution in [0.15, 0.2) is 36.2 Å². The van der Waals surface area contributed by atoms with E-state index >= 15 is 0 Å². The van der Waals surface area contributed by atoms with Gasteiger partial charge in [-0.1, -0.05) is 25.5 Å². The maximum Gasteiger partial charge on any atom is 0.335 e. The van der Waals surface area contributed by atoms with Crippen molar-refractivity contribution in [2.75, 3.05) is 13.2 Å². The van der Waals surface area contributed by atoms with Crippen LogP contribution in [0.3, 0.4) is 0 Å². The van der Waals surface area contributed by atoms with E-state index in [9.17, 15) is 14.4 Å². The van der Waals surface area contributed by atoms with Crippen LogP contribution >= 0.6 is 0 Å². The first-order valence-electron chi connectivity index (χ1n) is 10.8. The summed E-state index contributed by atoms with van der Waals surface area (Å²) in [4.78, 5) is 41.7. The van der Waals surface area contributed by atoms with E-state index in [0.717, 1.165) is 30.7 Å². The predicted molar refractivity (Wildman–Crippen MR) is 118 cm³/mol. The number of imidazole rings is 1. The van der Waals surface area contributed by atoms with Gasteiger partial charge in [-0.2, -0.15) is 0 Å². The van der Waals surface area contributed by atoms with Gasteiger partial charge in [-0.15, -0.1) is 0 Å². The molecule has 9 nitrogen and oxygen atoms in total. The summed E-state index contributed by atoms with van der Waals surface area (Å²) in [5, 5.41) is 20.5. The van der Waals surface area contributed by atoms with Crippen molar-refractivity contribution in [2.24, 2.45) is 0 Å². The number of carbonyl (C=O) groups is 3. The first-order chi connectivity index (χ1) is 15.4. The van der Waals surface area contributed by atoms with Crippen molar-refractivity contribution in [3.63, 3.8) is 0 Å². The van der Waals surface area contributed by atoms with Crippen LogP contribution in [-0.4, -0.2) is 55.7 Å². The highest BCUT2D eigenvalue weighted by atomic mass is 16.4. The zero-order valence-corrected chi connectivity index (χ0v) is 18.1. The molecule has 1 fully saturated rings. The number of amides is 3. The average molecular weight is 441 g/mol. The molecule has 0 saturated carbocycles. The summed E-state index contributed by atoms with van der Waals surface area (Å²) >= 11 is 0. The molecule has 2 heterocycles. The maximum absolute atomic E-state index is 12.4. The third-order valence-corrected chi connectivity index (χ3v) is 5.33. The van der Waals surface area contributed by atoms with E-state index in [0.29, 0.717) is 31.6 Å². The molecule has 1 saturated heterocycles. The summed E-state index contributed by atoms with van der Waals surface area (Å²) in [7, 11) is 0. The molecule has 1 aliphatic heterocycles. The summed E-state index contributed by atoms with van der Waals surface area (Å²) in [6.07, 6.45) is 7.18. The molecular formula is C23H28N4O5. The van der Waals surface area contributed by atoms with Gasteiger partial charge in [-0.3, -0.25) is 15.0 Å². The molecule has 0 atom stereocenters. The van der Waals surface area contributed by atoms with Crippen LogP contribution in [0.1, 0.15) is 60.0 Å². The molecule has 32 heavy (non-hydrogen) atoms. The number of carboxylic acids is 1. The Hall–Kier alpha value is -3.46. The van der Waals surface area contributed by atoms with Crippen molar-refractivity contribution in [3.8, 4) is 0 Å². The molecule has 3 N–H and O–H groups in total. The van der Waals surface area contributed by atoms with Crippen LogP contribution in [0.4, 0.5) is 4.79 Å². The quantitative estimate of drug-likeness (QED) is 0.280. The zero-order chi connectivity index (χ0) is 23.1. The molecule has 3 rings (SSSR count). The molecule has 2 aromatic rings. The number of benzene rings is 1. The molecule has 1 aromatic heterocycles. The topological polar surface area (TPSA) is 125 Å². The minimum absolute atomic E-state index is 0.0245. The van der Waals surface area contributed by atoms with E-state index in [-0.39, 0.29) is 17.9 Å². The SMILES string of the molecule is CCCCc1ncc(/C=C2/C(=O)NC(=O)N2CCCCO)n1Cc1ccc(C(=O)O)cc1. The number of urea groups is 1. The van der Waals surface area contributed by atoms with Crippen LogP contribution in [0.25, 0.3) is 6.08 Å². The Labute approximate surface area is 186 Å². The lowest BCUT2D eigenvalue weighted by atomic mass is 10.1. The molecule has 9 heteroatoms. The summed E-state index contributed by atoms with van der Waals surface area (Å²) in [5.74, 6) is -0.586. The van der Waals surface area contributed by atoms with Crippen LogP contribution in [0.5, 0.6) is 0 Å². The van der Waals surface area contributed by atoms with Crippen molar-refractivity contribution < 1.29 is 24.6 Å². The van der Waals surface area contributed by atoms with Gasteiger partial charge in [0, 0.05) is 26.1 Å². The number of imide groups is 1. The van der Waals surface area contributed by atoms with Crippen molar-refractivity contribution in [2.45, 2.75) is 45.6 Å². The third kappa shape index (κ3) is 5.42. The van der Waals surface area contributed by atoms with Crippen LogP contribution in [0.2, 0.25) is 0 Å². The summed E-state index contributed by atoms with van der Waals surface area (Å²) in [5.41, 5.74) is 2.05. The van der Waals surface area contributed by atoms with E-state index in [2.05, 4.69) is 17.2 Å². The van der Waals surface area contributed by atoms with Gasteiger partial charge in [0.2, 0.25) is 0 Å². The zero-order valence-electron chi connectivity index (χ0n) is 18.1. The Morgan fingerprint density at radius 1 is 1.16 bits per heavy atom. The highest BCUT2D eigenvalue weighted by molar-refractivity contribution is 6.13. The number of aliphatic hydroxyl groups is 1. The number of hydrogen-bond donors (Lipinski definition) is 3. The van der Waals surface area contributed by atoms with Crippen molar-refractivity contribution in [3.05, 3.63) is 58.8 Å². The highest BCUT2D eigenvalue weighted by Crippen LogP contribution is 2.21. The van der Waals surface area contributed by atoms with Gasteiger partial charge in [0.15, 0.2) is 0 Å². The van der Waals surface area contributed by atoms with E-state index in [1.165, 1.54) is 4.90 Å². The second-order valence-electron chi connectivity index (χ2n) is 7.66. The fourth-order valence-corrected chi connectivity index (χ4v) is 3.54. The lowest BCUT2D eigenvalue weighted by molar-refractivity contribution is -0.116. The fraction of sp³-hybridized carbons (Fsp3) is 0.391. The van der Waals surface area contributed by atoms with E-state index in [1.54, 1.807) is 36.5 Å². The number of carboxylic acid groups (broad SMARTS) is 1. The van der Waals surface area contributed by atoms with Gasteiger partial charge < -0.3 is 14.8 Å². The molecular weight excluding hydrogens is 412 g/mol. The van der Waals surface area contributed by atoms with Crippen molar-refractivity contribution in [1.82, 2.24) is 19.8 Å². The smallest absolute Gasteiger partial charge is 0.335 e. The monoisotopic (exact) mass is 440 g/mol. The first-order valence-corrected chi connectivity index (χ1v) is 10.8. The third-order valence-electron chi connectivity index (χ3n) is 5.33. The van der Waals surface area contributed by atoms with Gasteiger partial charge in [-0.25, -0.2) is 14.6 Å². The maximum atomic E-state index is 12.4. The molecule has 0 bridgehead atoms. The number of rotatable bonds is 11. The molecule has 0 radical (unpaired) electrons. The van der Waals surface area contributed by atoms with Gasteiger partial charge in [0.1, 0.15) is 11.5 Å². The molecule has 0 unspecified atom stereocenters. The number of aromatic nitrogens is 2. The normalized spacial score (nSPS) is 14.9. The number of hydrogen-bond acceptors (Lipinski definition) is 5. The molecule has 0 spiro atoms. The Bertz CT molecular complexity index is 1010. The Morgan fingerprint density at radius 3 is 2.56 bits per heavy atom. The highest BCUT2D eigenvalue weighted by Gasteiger charge is 2.32. The second-order valence-corrected chi connectivity index (χ2v) is 7.66. The van der Waals surface area contributed by atoms with Crippen molar-refractivity contribution >= 4 is 24.0 Å². The first kappa shape index (κ1) is 23.2. The number of carbonyl (C=O) groups excluding carboxylic acids is 2. The summed E-state index contributed by atoms with van der Waals surface area (Å²) in [6, 6.07) is 6.17. The van der Waals surface area contributed by atoms with Gasteiger partial charge >= 0.3 is 12.0 Å². The van der Waals surface area contributed by atoms with Crippen LogP contribution in [0, 0.1) is 0 Å². The lowest BCUT2D eigenvalue weighted by Crippen LogP contribution is -2.28. The Morgan fingerprint density at radius 2 is 1.91 bits per heavy atom. The van der Waals surface area contributed by atoms with Crippen LogP contribution in [-0.2, 0) is 17.8 Å². The van der Waals surface area contributed by atoms with E-state index in [4.69, 9.17) is 10.2 Å². The van der Waals surface area contributed by atoms with Gasteiger partial charge in [0.05, 0.1) is 17.5 Å². The number of aromatic carboxylic acids is 1. The summed E-state index contributed by atoms with van der Waals surface area (Å²) in [6.45, 7) is 2.91. The standard InChI is InChI=1S/C23H28N4O5/c1-2-3-6-20-24-14-18(27(20)15-16-7-9-17(10-8-16)22(30)31)13-19-21(29)25-23(32)26(19)11-4-5-12-28/h7-10,13-14,28H,2-6,11-12,15H2,1H3,(H,30,31)(H,25,29,32)/b19-13-. The second kappa shape index (κ2) is 10.7. The van der Waals surface area contributed by atoms with Crippen molar-refractivity contribution in [1.29, 1.82) is 0 Å². The Kier molecular flexibility index (Phi) is 7.77. The van der Waals surface area contributed by atoms with E-state index in [1.807, 2.05) is 4.57 Å². The number of unbranched alkanes of at least 4 members (excludes halogenated alkanes) is 2. The summed E-state index contributed by atoms with van der Waals surface area (Å²) < 4.78 is 1.99. The minimum atomic E-state index is -0.980. The van der Waals surface area contributed by atoms with Gasteiger partial charge in [0.25, 0.3) is 5.91 Å². The molecule has 1 aromatic carbocycles. The number of aliphatic hydroxyl groups excluding tert-OH is 1. The van der Waals surface area contributed by atoms with Crippen LogP contribution < -0.4 is 5.32 Å². The molecule has 170 valence electrons. The predicted octanol–water partition coefficient (Wildman–Crippen LogP) is 2.64. The molecule has 1 aliphatic rings. The van der Waals surface area contributed by atoms with Gasteiger partial charge in [-0.05, 0) is 43.0 Å². The average Bonchev–Trinajstić information content (AvgIpc) is 3.27. The minimum Gasteiger partial charge on any atom is -0.478 e. The molecule has 0 aliphatic carbocycles.